The Bertz CT molecular complexity index is 1180. The number of nitrogens with zero attached hydrogens (tertiary/aromatic N) is 2. The molecule has 4 heteroatoms. The molecule has 0 amide bonds. The molecule has 0 radical (unpaired) electrons. The largest absolute Gasteiger partial charge is 0.358 e. The second-order valence-corrected chi connectivity index (χ2v) is 8.86. The van der Waals surface area contributed by atoms with E-state index >= 15 is 0 Å². The smallest absolute Gasteiger partial charge is 0.0713 e. The summed E-state index contributed by atoms with van der Waals surface area (Å²) in [5, 5.41) is 2.17. The highest BCUT2D eigenvalue weighted by Gasteiger charge is 2.41. The minimum Gasteiger partial charge on any atom is -0.358 e. The van der Waals surface area contributed by atoms with Crippen molar-refractivity contribution in [2.45, 2.75) is 18.4 Å². The van der Waals surface area contributed by atoms with E-state index in [1.54, 1.807) is 0 Å². The van der Waals surface area contributed by atoms with Crippen LogP contribution in [0.15, 0.2) is 78.9 Å². The first-order chi connectivity index (χ1) is 14.8. The molecular weight excluding hydrogens is 390 g/mol. The molecule has 2 aliphatic heterocycles. The number of anilines is 1. The SMILES string of the molecule is Clc1ccc(N2C[C@@H](c3ccccc3)[C@H]3c4[nH]c5ccccc5c4CCN3C2)cc1. The zero-order chi connectivity index (χ0) is 20.1. The monoisotopic (exact) mass is 413 g/mol. The van der Waals surface area contributed by atoms with E-state index in [4.69, 9.17) is 11.6 Å². The van der Waals surface area contributed by atoms with Gasteiger partial charge in [-0.25, -0.2) is 0 Å². The summed E-state index contributed by atoms with van der Waals surface area (Å²) in [7, 11) is 0. The van der Waals surface area contributed by atoms with Gasteiger partial charge in [-0.1, -0.05) is 60.1 Å². The van der Waals surface area contributed by atoms with Gasteiger partial charge in [0.15, 0.2) is 0 Å². The van der Waals surface area contributed by atoms with Gasteiger partial charge in [0, 0.05) is 46.3 Å². The van der Waals surface area contributed by atoms with Crippen molar-refractivity contribution in [3.8, 4) is 0 Å². The van der Waals surface area contributed by atoms with Crippen molar-refractivity contribution in [3.05, 3.63) is 101 Å². The van der Waals surface area contributed by atoms with Crippen LogP contribution in [0, 0.1) is 0 Å². The minimum absolute atomic E-state index is 0.368. The number of hydrogen-bond acceptors (Lipinski definition) is 2. The number of aromatic amines is 1. The third kappa shape index (κ3) is 2.92. The molecule has 1 saturated heterocycles. The first kappa shape index (κ1) is 18.1. The number of nitrogens with one attached hydrogen (secondary N) is 1. The molecule has 3 heterocycles. The van der Waals surface area contributed by atoms with Crippen molar-refractivity contribution in [1.82, 2.24) is 9.88 Å². The Hall–Kier alpha value is -2.75. The molecule has 0 saturated carbocycles. The quantitative estimate of drug-likeness (QED) is 0.436. The van der Waals surface area contributed by atoms with Crippen LogP contribution in [0.3, 0.4) is 0 Å². The van der Waals surface area contributed by atoms with Crippen LogP contribution < -0.4 is 4.90 Å². The van der Waals surface area contributed by atoms with Gasteiger partial charge in [0.05, 0.1) is 12.7 Å². The number of para-hydroxylation sites is 1. The van der Waals surface area contributed by atoms with Crippen molar-refractivity contribution < 1.29 is 0 Å². The van der Waals surface area contributed by atoms with Crippen molar-refractivity contribution in [3.63, 3.8) is 0 Å². The Morgan fingerprint density at radius 1 is 0.867 bits per heavy atom. The third-order valence-corrected chi connectivity index (χ3v) is 7.01. The number of H-pyrrole nitrogens is 1. The Kier molecular flexibility index (Phi) is 4.33. The van der Waals surface area contributed by atoms with Crippen LogP contribution in [0.1, 0.15) is 28.8 Å². The van der Waals surface area contributed by atoms with Crippen LogP contribution in [-0.4, -0.2) is 29.6 Å². The zero-order valence-corrected chi connectivity index (χ0v) is 17.5. The second-order valence-electron chi connectivity index (χ2n) is 8.43. The van der Waals surface area contributed by atoms with E-state index < -0.39 is 0 Å². The summed E-state index contributed by atoms with van der Waals surface area (Å²) in [6.45, 7) is 3.00. The van der Waals surface area contributed by atoms with Crippen LogP contribution >= 0.6 is 11.6 Å². The maximum absolute atomic E-state index is 6.15. The zero-order valence-electron chi connectivity index (χ0n) is 16.8. The van der Waals surface area contributed by atoms with Gasteiger partial charge < -0.3 is 9.88 Å². The lowest BCUT2D eigenvalue weighted by Crippen LogP contribution is -2.53. The van der Waals surface area contributed by atoms with Gasteiger partial charge in [0.2, 0.25) is 0 Å². The van der Waals surface area contributed by atoms with Gasteiger partial charge in [-0.05, 0) is 47.9 Å². The number of aromatic nitrogens is 1. The lowest BCUT2D eigenvalue weighted by Gasteiger charge is -2.49. The van der Waals surface area contributed by atoms with E-state index in [0.717, 1.165) is 31.2 Å². The highest BCUT2D eigenvalue weighted by Crippen LogP contribution is 2.45. The molecule has 150 valence electrons. The summed E-state index contributed by atoms with van der Waals surface area (Å²) in [6.07, 6.45) is 1.09. The molecule has 1 aromatic heterocycles. The van der Waals surface area contributed by atoms with E-state index in [9.17, 15) is 0 Å². The summed E-state index contributed by atoms with van der Waals surface area (Å²) < 4.78 is 0. The van der Waals surface area contributed by atoms with Gasteiger partial charge in [0.25, 0.3) is 0 Å². The van der Waals surface area contributed by atoms with Crippen LogP contribution in [0.25, 0.3) is 10.9 Å². The van der Waals surface area contributed by atoms with E-state index in [1.165, 1.54) is 33.4 Å². The Labute approximate surface area is 181 Å². The second kappa shape index (κ2) is 7.19. The molecular formula is C26H24ClN3. The summed E-state index contributed by atoms with van der Waals surface area (Å²) in [5.74, 6) is 0.391. The molecule has 0 aliphatic carbocycles. The number of rotatable bonds is 2. The van der Waals surface area contributed by atoms with E-state index in [2.05, 4.69) is 81.5 Å². The maximum Gasteiger partial charge on any atom is 0.0713 e. The van der Waals surface area contributed by atoms with E-state index in [-0.39, 0.29) is 0 Å². The first-order valence-electron chi connectivity index (χ1n) is 10.7. The Balaban J connectivity index is 1.46. The summed E-state index contributed by atoms with van der Waals surface area (Å²) in [6, 6.07) is 28.4. The molecule has 0 spiro atoms. The van der Waals surface area contributed by atoms with Crippen LogP contribution in [0.2, 0.25) is 5.02 Å². The van der Waals surface area contributed by atoms with Crippen molar-refractivity contribution in [2.24, 2.45) is 0 Å². The van der Waals surface area contributed by atoms with Crippen molar-refractivity contribution in [1.29, 1.82) is 0 Å². The standard InChI is InChI=1S/C26H24ClN3/c27-19-10-12-20(13-11-19)30-16-23(18-6-2-1-3-7-18)26-25-22(14-15-29(26)17-30)21-8-4-5-9-24(21)28-25/h1-13,23,26,28H,14-17H2/t23-,26-/m0/s1. The fourth-order valence-electron chi connectivity index (χ4n) is 5.38. The van der Waals surface area contributed by atoms with Gasteiger partial charge in [-0.15, -0.1) is 0 Å². The molecule has 3 nitrogen and oxygen atoms in total. The number of halogens is 1. The molecule has 1 fully saturated rings. The first-order valence-corrected chi connectivity index (χ1v) is 11.0. The fraction of sp³-hybridized carbons (Fsp3) is 0.231. The van der Waals surface area contributed by atoms with Crippen LogP contribution in [-0.2, 0) is 6.42 Å². The predicted molar refractivity (Wildman–Crippen MR) is 124 cm³/mol. The van der Waals surface area contributed by atoms with Gasteiger partial charge in [-0.2, -0.15) is 0 Å². The minimum atomic E-state index is 0.368. The molecule has 30 heavy (non-hydrogen) atoms. The molecule has 6 rings (SSSR count). The van der Waals surface area contributed by atoms with Crippen molar-refractivity contribution >= 4 is 28.2 Å². The van der Waals surface area contributed by atoms with Crippen molar-refractivity contribution in [2.75, 3.05) is 24.7 Å². The van der Waals surface area contributed by atoms with E-state index in [1.807, 2.05) is 12.1 Å². The molecule has 2 aliphatic rings. The average molecular weight is 414 g/mol. The Morgan fingerprint density at radius 2 is 1.63 bits per heavy atom. The summed E-state index contributed by atoms with van der Waals surface area (Å²) >= 11 is 6.15. The van der Waals surface area contributed by atoms with Gasteiger partial charge >= 0.3 is 0 Å². The predicted octanol–water partition coefficient (Wildman–Crippen LogP) is 5.98. The maximum atomic E-state index is 6.15. The number of benzene rings is 3. The van der Waals surface area contributed by atoms with Crippen LogP contribution in [0.4, 0.5) is 5.69 Å². The summed E-state index contributed by atoms with van der Waals surface area (Å²) in [5.41, 5.74) is 6.81. The molecule has 4 aromatic rings. The highest BCUT2D eigenvalue weighted by atomic mass is 35.5. The number of hydrogen-bond donors (Lipinski definition) is 1. The van der Waals surface area contributed by atoms with Gasteiger partial charge in [-0.3, -0.25) is 4.90 Å². The van der Waals surface area contributed by atoms with Gasteiger partial charge in [0.1, 0.15) is 0 Å². The highest BCUT2D eigenvalue weighted by molar-refractivity contribution is 6.30. The fourth-order valence-corrected chi connectivity index (χ4v) is 5.50. The topological polar surface area (TPSA) is 22.3 Å². The molecule has 0 bridgehead atoms. The number of fused-ring (bicyclic) bond motifs is 5. The lowest BCUT2D eigenvalue weighted by molar-refractivity contribution is 0.126. The Morgan fingerprint density at radius 3 is 2.47 bits per heavy atom. The normalized spacial score (nSPS) is 21.4. The average Bonchev–Trinajstić information content (AvgIpc) is 3.18. The lowest BCUT2D eigenvalue weighted by atomic mass is 9.82. The van der Waals surface area contributed by atoms with Crippen LogP contribution in [0.5, 0.6) is 0 Å². The van der Waals surface area contributed by atoms with E-state index in [0.29, 0.717) is 12.0 Å². The molecule has 0 unspecified atom stereocenters. The summed E-state index contributed by atoms with van der Waals surface area (Å²) in [4.78, 5) is 8.94. The third-order valence-electron chi connectivity index (χ3n) is 6.75. The molecule has 1 N–H and O–H groups in total. The molecule has 2 atom stereocenters. The molecule has 3 aromatic carbocycles.